The highest BCUT2D eigenvalue weighted by Gasteiger charge is 2.30. The van der Waals surface area contributed by atoms with Gasteiger partial charge in [-0.1, -0.05) is 17.7 Å². The van der Waals surface area contributed by atoms with Crippen LogP contribution < -0.4 is 5.73 Å². The van der Waals surface area contributed by atoms with Gasteiger partial charge in [0, 0.05) is 29.2 Å². The summed E-state index contributed by atoms with van der Waals surface area (Å²) in [5, 5.41) is 1.41. The summed E-state index contributed by atoms with van der Waals surface area (Å²) < 4.78 is 0.965. The van der Waals surface area contributed by atoms with Crippen LogP contribution in [0.25, 0.3) is 10.1 Å². The number of likely N-dealkylation sites (N-methyl/N-ethyl adjacent to an activating group) is 1. The molecule has 112 valence electrons. The molecule has 2 heterocycles. The maximum absolute atomic E-state index is 12.7. The first-order chi connectivity index (χ1) is 9.99. The second-order valence-electron chi connectivity index (χ2n) is 5.62. The zero-order valence-electron chi connectivity index (χ0n) is 12.1. The molecule has 1 aromatic heterocycles. The van der Waals surface area contributed by atoms with Gasteiger partial charge in [0.05, 0.1) is 10.7 Å². The van der Waals surface area contributed by atoms with Crippen molar-refractivity contribution in [3.05, 3.63) is 28.1 Å². The molecule has 2 N–H and O–H groups in total. The van der Waals surface area contributed by atoms with Gasteiger partial charge < -0.3 is 15.5 Å². The highest BCUT2D eigenvalue weighted by Crippen LogP contribution is 2.38. The minimum atomic E-state index is 0.0223. The van der Waals surface area contributed by atoms with E-state index < -0.39 is 0 Å². The fourth-order valence-corrected chi connectivity index (χ4v) is 4.23. The van der Waals surface area contributed by atoms with Crippen molar-refractivity contribution in [1.29, 1.82) is 0 Å². The minimum Gasteiger partial charge on any atom is -0.397 e. The number of halogens is 1. The third-order valence-electron chi connectivity index (χ3n) is 4.08. The highest BCUT2D eigenvalue weighted by atomic mass is 35.5. The van der Waals surface area contributed by atoms with E-state index in [1.165, 1.54) is 11.3 Å². The largest absolute Gasteiger partial charge is 0.397 e. The van der Waals surface area contributed by atoms with E-state index in [9.17, 15) is 4.79 Å². The summed E-state index contributed by atoms with van der Waals surface area (Å²) >= 11 is 7.63. The van der Waals surface area contributed by atoms with Crippen molar-refractivity contribution >= 4 is 44.6 Å². The molecule has 2 aromatic rings. The Hall–Kier alpha value is -1.30. The molecule has 1 atom stereocenters. The van der Waals surface area contributed by atoms with Crippen LogP contribution in [0.3, 0.4) is 0 Å². The van der Waals surface area contributed by atoms with Crippen LogP contribution in [-0.4, -0.2) is 48.9 Å². The number of amides is 1. The molecular weight excluding hydrogens is 306 g/mol. The van der Waals surface area contributed by atoms with Crippen LogP contribution in [0, 0.1) is 0 Å². The number of likely N-dealkylation sites (tertiary alicyclic amines) is 1. The van der Waals surface area contributed by atoms with E-state index in [0.717, 1.165) is 29.6 Å². The molecule has 1 aliphatic heterocycles. The highest BCUT2D eigenvalue weighted by molar-refractivity contribution is 7.21. The molecule has 4 nitrogen and oxygen atoms in total. The standard InChI is InChI=1S/C15H18ClN3OS/c1-18(2)9-6-7-19(8-9)15(20)14-13(17)12-10(16)4-3-5-11(12)21-14/h3-5,9H,6-8,17H2,1-2H3. The third-order valence-corrected chi connectivity index (χ3v) is 5.55. The summed E-state index contributed by atoms with van der Waals surface area (Å²) in [6.07, 6.45) is 1.00. The van der Waals surface area contributed by atoms with E-state index in [4.69, 9.17) is 17.3 Å². The van der Waals surface area contributed by atoms with E-state index in [1.807, 2.05) is 31.1 Å². The van der Waals surface area contributed by atoms with Crippen molar-refractivity contribution in [2.45, 2.75) is 12.5 Å². The predicted octanol–water partition coefficient (Wildman–Crippen LogP) is 2.91. The van der Waals surface area contributed by atoms with E-state index in [2.05, 4.69) is 4.90 Å². The molecule has 1 unspecified atom stereocenters. The van der Waals surface area contributed by atoms with Crippen LogP contribution in [-0.2, 0) is 0 Å². The van der Waals surface area contributed by atoms with E-state index in [0.29, 0.717) is 21.6 Å². The van der Waals surface area contributed by atoms with Crippen LogP contribution in [0.15, 0.2) is 18.2 Å². The fraction of sp³-hybridized carbons (Fsp3) is 0.400. The summed E-state index contributed by atoms with van der Waals surface area (Å²) in [4.78, 5) is 17.4. The maximum Gasteiger partial charge on any atom is 0.266 e. The number of thiophene rings is 1. The number of rotatable bonds is 2. The Morgan fingerprint density at radius 1 is 1.48 bits per heavy atom. The monoisotopic (exact) mass is 323 g/mol. The molecule has 1 saturated heterocycles. The molecule has 0 saturated carbocycles. The second-order valence-corrected chi connectivity index (χ2v) is 7.07. The molecular formula is C15H18ClN3OS. The first-order valence-corrected chi connectivity index (χ1v) is 8.10. The number of nitrogens with zero attached hydrogens (tertiary/aromatic N) is 2. The lowest BCUT2D eigenvalue weighted by atomic mass is 10.2. The molecule has 0 radical (unpaired) electrons. The molecule has 1 fully saturated rings. The Bertz CT molecular complexity index is 698. The average molecular weight is 324 g/mol. The van der Waals surface area contributed by atoms with Crippen LogP contribution >= 0.6 is 22.9 Å². The topological polar surface area (TPSA) is 49.6 Å². The van der Waals surface area contributed by atoms with Crippen molar-refractivity contribution in [3.63, 3.8) is 0 Å². The van der Waals surface area contributed by atoms with Gasteiger partial charge in [-0.3, -0.25) is 4.79 Å². The number of fused-ring (bicyclic) bond motifs is 1. The molecule has 0 bridgehead atoms. The Morgan fingerprint density at radius 2 is 2.24 bits per heavy atom. The van der Waals surface area contributed by atoms with Crippen molar-refractivity contribution in [2.24, 2.45) is 0 Å². The summed E-state index contributed by atoms with van der Waals surface area (Å²) in [5.74, 6) is 0.0223. The fourth-order valence-electron chi connectivity index (χ4n) is 2.78. The normalized spacial score (nSPS) is 18.9. The number of nitrogens with two attached hydrogens (primary N) is 1. The first-order valence-electron chi connectivity index (χ1n) is 6.91. The van der Waals surface area contributed by atoms with Gasteiger partial charge in [0.15, 0.2) is 0 Å². The number of anilines is 1. The number of nitrogen functional groups attached to an aromatic ring is 1. The Morgan fingerprint density at radius 3 is 2.86 bits per heavy atom. The van der Waals surface area contributed by atoms with Crippen molar-refractivity contribution in [3.8, 4) is 0 Å². The van der Waals surface area contributed by atoms with E-state index >= 15 is 0 Å². The minimum absolute atomic E-state index is 0.0223. The van der Waals surface area contributed by atoms with Crippen LogP contribution in [0.5, 0.6) is 0 Å². The quantitative estimate of drug-likeness (QED) is 0.924. The Labute approximate surface area is 133 Å². The summed E-state index contributed by atoms with van der Waals surface area (Å²) in [6, 6.07) is 6.06. The van der Waals surface area contributed by atoms with E-state index in [1.54, 1.807) is 6.07 Å². The molecule has 1 aliphatic rings. The molecule has 3 rings (SSSR count). The van der Waals surface area contributed by atoms with Gasteiger partial charge >= 0.3 is 0 Å². The van der Waals surface area contributed by atoms with Gasteiger partial charge in [-0.2, -0.15) is 0 Å². The zero-order chi connectivity index (χ0) is 15.1. The van der Waals surface area contributed by atoms with Gasteiger partial charge in [-0.15, -0.1) is 11.3 Å². The molecule has 1 amide bonds. The number of carbonyl (C=O) groups excluding carboxylic acids is 1. The van der Waals surface area contributed by atoms with Gasteiger partial charge in [-0.05, 0) is 32.6 Å². The zero-order valence-corrected chi connectivity index (χ0v) is 13.7. The number of hydrogen-bond acceptors (Lipinski definition) is 4. The van der Waals surface area contributed by atoms with Crippen molar-refractivity contribution in [2.75, 3.05) is 32.9 Å². The van der Waals surface area contributed by atoms with Crippen molar-refractivity contribution in [1.82, 2.24) is 9.80 Å². The Balaban J connectivity index is 1.93. The lowest BCUT2D eigenvalue weighted by molar-refractivity contribution is 0.0789. The SMILES string of the molecule is CN(C)C1CCN(C(=O)c2sc3cccc(Cl)c3c2N)C1. The van der Waals surface area contributed by atoms with Gasteiger partial charge in [0.2, 0.25) is 0 Å². The number of hydrogen-bond donors (Lipinski definition) is 1. The average Bonchev–Trinajstić information content (AvgIpc) is 3.04. The second kappa shape index (κ2) is 5.48. The van der Waals surface area contributed by atoms with Gasteiger partial charge in [0.1, 0.15) is 4.88 Å². The van der Waals surface area contributed by atoms with Crippen LogP contribution in [0.2, 0.25) is 5.02 Å². The first kappa shape index (κ1) is 14.6. The lowest BCUT2D eigenvalue weighted by Crippen LogP contribution is -2.34. The van der Waals surface area contributed by atoms with E-state index in [-0.39, 0.29) is 5.91 Å². The smallest absolute Gasteiger partial charge is 0.266 e. The molecule has 1 aromatic carbocycles. The maximum atomic E-state index is 12.7. The summed E-state index contributed by atoms with van der Waals surface area (Å²) in [7, 11) is 4.10. The van der Waals surface area contributed by atoms with Crippen LogP contribution in [0.4, 0.5) is 5.69 Å². The van der Waals surface area contributed by atoms with Gasteiger partial charge in [-0.25, -0.2) is 0 Å². The number of benzene rings is 1. The molecule has 0 aliphatic carbocycles. The molecule has 6 heteroatoms. The lowest BCUT2D eigenvalue weighted by Gasteiger charge is -2.20. The van der Waals surface area contributed by atoms with Crippen molar-refractivity contribution < 1.29 is 4.79 Å². The summed E-state index contributed by atoms with van der Waals surface area (Å²) in [5.41, 5.74) is 6.68. The predicted molar refractivity (Wildman–Crippen MR) is 89.2 cm³/mol. The van der Waals surface area contributed by atoms with Gasteiger partial charge in [0.25, 0.3) is 5.91 Å². The third kappa shape index (κ3) is 2.50. The Kier molecular flexibility index (Phi) is 3.82. The van der Waals surface area contributed by atoms with Crippen LogP contribution in [0.1, 0.15) is 16.1 Å². The number of carbonyl (C=O) groups is 1. The summed E-state index contributed by atoms with van der Waals surface area (Å²) in [6.45, 7) is 1.54. The molecule has 21 heavy (non-hydrogen) atoms. The molecule has 0 spiro atoms.